The Labute approximate surface area is 213 Å². The molecule has 5 nitrogen and oxygen atoms in total. The number of aromatic nitrogens is 2. The summed E-state index contributed by atoms with van der Waals surface area (Å²) in [6, 6.07) is 19.1. The molecule has 0 fully saturated rings. The van der Waals surface area contributed by atoms with E-state index >= 15 is 0 Å². The van der Waals surface area contributed by atoms with E-state index in [-0.39, 0.29) is 11.9 Å². The number of aryl methyl sites for hydroxylation is 3. The third-order valence-electron chi connectivity index (χ3n) is 5.71. The van der Waals surface area contributed by atoms with Gasteiger partial charge in [0, 0.05) is 21.6 Å². The summed E-state index contributed by atoms with van der Waals surface area (Å²) in [6.45, 7) is 7.21. The average Bonchev–Trinajstić information content (AvgIpc) is 3.19. The molecule has 0 saturated carbocycles. The van der Waals surface area contributed by atoms with Crippen molar-refractivity contribution in [2.24, 2.45) is 0 Å². The second-order valence-electron chi connectivity index (χ2n) is 8.39. The summed E-state index contributed by atoms with van der Waals surface area (Å²) >= 11 is 9.69. The molecule has 0 saturated heterocycles. The van der Waals surface area contributed by atoms with Crippen molar-refractivity contribution in [1.29, 1.82) is 0 Å². The highest BCUT2D eigenvalue weighted by molar-refractivity contribution is 9.10. The number of fused-ring (bicyclic) bond motifs is 1. The topological polar surface area (TPSA) is 56.1 Å². The van der Waals surface area contributed by atoms with E-state index < -0.39 is 0 Å². The summed E-state index contributed by atoms with van der Waals surface area (Å²) in [5.41, 5.74) is 4.57. The van der Waals surface area contributed by atoms with Crippen LogP contribution in [0, 0.1) is 13.8 Å². The molecule has 3 aromatic carbocycles. The molecule has 1 N–H and O–H groups in total. The molecule has 1 aromatic heterocycles. The van der Waals surface area contributed by atoms with Gasteiger partial charge in [-0.1, -0.05) is 45.7 Å². The quantitative estimate of drug-likeness (QED) is 0.244. The van der Waals surface area contributed by atoms with Gasteiger partial charge in [0.25, 0.3) is 5.91 Å². The lowest BCUT2D eigenvalue weighted by Gasteiger charge is -2.17. The first-order valence-electron chi connectivity index (χ1n) is 11.2. The van der Waals surface area contributed by atoms with Crippen LogP contribution in [0.2, 0.25) is 5.02 Å². The molecule has 4 aromatic rings. The molecule has 0 aliphatic rings. The third-order valence-corrected chi connectivity index (χ3v) is 6.80. The van der Waals surface area contributed by atoms with Crippen LogP contribution in [0.15, 0.2) is 65.1 Å². The highest BCUT2D eigenvalue weighted by atomic mass is 79.9. The van der Waals surface area contributed by atoms with E-state index in [1.54, 1.807) is 6.07 Å². The zero-order valence-corrected chi connectivity index (χ0v) is 21.8. The number of rotatable bonds is 8. The van der Waals surface area contributed by atoms with E-state index in [0.717, 1.165) is 56.2 Å². The standard InChI is InChI=1S/C27H27BrClN3O2/c1-17-14-22(15-18(2)25(17)29)34-13-7-12-32-24-11-5-4-10-23(24)31-26(32)19(3)30-27(33)20-8-6-9-21(28)16-20/h4-6,8-11,14-16,19H,7,12-13H2,1-3H3,(H,30,33). The smallest absolute Gasteiger partial charge is 0.251 e. The molecule has 0 radical (unpaired) electrons. The van der Waals surface area contributed by atoms with Gasteiger partial charge in [-0.25, -0.2) is 4.98 Å². The van der Waals surface area contributed by atoms with Crippen molar-refractivity contribution in [2.45, 2.75) is 39.8 Å². The van der Waals surface area contributed by atoms with Crippen molar-refractivity contribution in [3.63, 3.8) is 0 Å². The van der Waals surface area contributed by atoms with Crippen LogP contribution >= 0.6 is 27.5 Å². The summed E-state index contributed by atoms with van der Waals surface area (Å²) in [5.74, 6) is 1.51. The number of nitrogens with zero attached hydrogens (tertiary/aromatic N) is 2. The van der Waals surface area contributed by atoms with Crippen LogP contribution in [-0.2, 0) is 6.54 Å². The number of halogens is 2. The fraction of sp³-hybridized carbons (Fsp3) is 0.259. The second kappa shape index (κ2) is 10.6. The van der Waals surface area contributed by atoms with E-state index in [2.05, 4.69) is 31.9 Å². The number of imidazole rings is 1. The van der Waals surface area contributed by atoms with E-state index in [1.165, 1.54) is 0 Å². The van der Waals surface area contributed by atoms with E-state index in [1.807, 2.05) is 69.3 Å². The molecule has 1 unspecified atom stereocenters. The maximum atomic E-state index is 12.8. The molecular weight excluding hydrogens is 514 g/mol. The van der Waals surface area contributed by atoms with Gasteiger partial charge in [0.15, 0.2) is 0 Å². The van der Waals surface area contributed by atoms with Gasteiger partial charge in [-0.3, -0.25) is 4.79 Å². The first-order chi connectivity index (χ1) is 16.3. The highest BCUT2D eigenvalue weighted by Crippen LogP contribution is 2.26. The third kappa shape index (κ3) is 5.45. The summed E-state index contributed by atoms with van der Waals surface area (Å²) in [6.07, 6.45) is 0.792. The number of para-hydroxylation sites is 2. The maximum absolute atomic E-state index is 12.8. The molecule has 0 aliphatic heterocycles. The predicted octanol–water partition coefficient (Wildman–Crippen LogP) is 7.03. The van der Waals surface area contributed by atoms with Crippen LogP contribution in [-0.4, -0.2) is 22.1 Å². The van der Waals surface area contributed by atoms with Crippen LogP contribution in [0.5, 0.6) is 5.75 Å². The van der Waals surface area contributed by atoms with Gasteiger partial charge in [-0.2, -0.15) is 0 Å². The Kier molecular flexibility index (Phi) is 7.59. The Morgan fingerprint density at radius 3 is 2.59 bits per heavy atom. The maximum Gasteiger partial charge on any atom is 0.251 e. The fourth-order valence-corrected chi connectivity index (χ4v) is 4.54. The Hall–Kier alpha value is -2.83. The largest absolute Gasteiger partial charge is 0.494 e. The van der Waals surface area contributed by atoms with Crippen molar-refractivity contribution in [1.82, 2.24) is 14.9 Å². The number of benzene rings is 3. The second-order valence-corrected chi connectivity index (χ2v) is 9.68. The first-order valence-corrected chi connectivity index (χ1v) is 12.4. The monoisotopic (exact) mass is 539 g/mol. The molecule has 1 atom stereocenters. The number of nitrogens with one attached hydrogen (secondary N) is 1. The Bertz CT molecular complexity index is 1310. The lowest BCUT2D eigenvalue weighted by molar-refractivity contribution is 0.0937. The van der Waals surface area contributed by atoms with Crippen molar-refractivity contribution >= 4 is 44.5 Å². The summed E-state index contributed by atoms with van der Waals surface area (Å²) in [7, 11) is 0. The van der Waals surface area contributed by atoms with Crippen LogP contribution in [0.4, 0.5) is 0 Å². The van der Waals surface area contributed by atoms with Crippen LogP contribution in [0.1, 0.15) is 46.7 Å². The Balaban J connectivity index is 1.48. The van der Waals surface area contributed by atoms with Crippen LogP contribution < -0.4 is 10.1 Å². The summed E-state index contributed by atoms with van der Waals surface area (Å²) < 4.78 is 9.04. The predicted molar refractivity (Wildman–Crippen MR) is 141 cm³/mol. The normalized spacial score (nSPS) is 12.0. The molecule has 1 amide bonds. The SMILES string of the molecule is Cc1cc(OCCCn2c(C(C)NC(=O)c3cccc(Br)c3)nc3ccccc32)cc(C)c1Cl. The average molecular weight is 541 g/mol. The molecular formula is C27H27BrClN3O2. The van der Waals surface area contributed by atoms with Crippen LogP contribution in [0.3, 0.4) is 0 Å². The lowest BCUT2D eigenvalue weighted by Crippen LogP contribution is -2.28. The minimum atomic E-state index is -0.263. The summed E-state index contributed by atoms with van der Waals surface area (Å²) in [4.78, 5) is 17.6. The Morgan fingerprint density at radius 1 is 1.12 bits per heavy atom. The molecule has 1 heterocycles. The van der Waals surface area contributed by atoms with E-state index in [4.69, 9.17) is 21.3 Å². The number of carbonyl (C=O) groups excluding carboxylic acids is 1. The van der Waals surface area contributed by atoms with Crippen molar-refractivity contribution < 1.29 is 9.53 Å². The molecule has 34 heavy (non-hydrogen) atoms. The molecule has 0 spiro atoms. The van der Waals surface area contributed by atoms with E-state index in [0.29, 0.717) is 12.2 Å². The minimum absolute atomic E-state index is 0.135. The molecule has 4 rings (SSSR count). The number of ether oxygens (including phenoxy) is 1. The van der Waals surface area contributed by atoms with Gasteiger partial charge in [0.05, 0.1) is 23.7 Å². The van der Waals surface area contributed by atoms with Crippen LogP contribution in [0.25, 0.3) is 11.0 Å². The number of hydrogen-bond acceptors (Lipinski definition) is 3. The van der Waals surface area contributed by atoms with Gasteiger partial charge < -0.3 is 14.6 Å². The van der Waals surface area contributed by atoms with Gasteiger partial charge in [-0.05, 0) is 80.8 Å². The molecule has 7 heteroatoms. The zero-order valence-electron chi connectivity index (χ0n) is 19.4. The number of hydrogen-bond donors (Lipinski definition) is 1. The van der Waals surface area contributed by atoms with Crippen molar-refractivity contribution in [2.75, 3.05) is 6.61 Å². The van der Waals surface area contributed by atoms with Crippen molar-refractivity contribution in [3.05, 3.63) is 92.7 Å². The molecule has 176 valence electrons. The lowest BCUT2D eigenvalue weighted by atomic mass is 10.1. The zero-order chi connectivity index (χ0) is 24.2. The van der Waals surface area contributed by atoms with Crippen molar-refractivity contribution in [3.8, 4) is 5.75 Å². The first kappa shape index (κ1) is 24.3. The number of amides is 1. The highest BCUT2D eigenvalue weighted by Gasteiger charge is 2.19. The molecule has 0 aliphatic carbocycles. The molecule has 0 bridgehead atoms. The Morgan fingerprint density at radius 2 is 1.85 bits per heavy atom. The minimum Gasteiger partial charge on any atom is -0.494 e. The summed E-state index contributed by atoms with van der Waals surface area (Å²) in [5, 5.41) is 3.87. The van der Waals surface area contributed by atoms with Gasteiger partial charge in [0.2, 0.25) is 0 Å². The van der Waals surface area contributed by atoms with Gasteiger partial charge in [0.1, 0.15) is 11.6 Å². The number of carbonyl (C=O) groups is 1. The van der Waals surface area contributed by atoms with Gasteiger partial charge in [-0.15, -0.1) is 0 Å². The van der Waals surface area contributed by atoms with Gasteiger partial charge >= 0.3 is 0 Å². The van der Waals surface area contributed by atoms with E-state index in [9.17, 15) is 4.79 Å². The fourth-order valence-electron chi connectivity index (χ4n) is 4.04.